The summed E-state index contributed by atoms with van der Waals surface area (Å²) in [6, 6.07) is 15.7. The molecular formula is C20H24O. The minimum absolute atomic E-state index is 0.137. The van der Waals surface area contributed by atoms with Gasteiger partial charge in [0.15, 0.2) is 5.78 Å². The number of carbonyl (C=O) groups excluding carboxylic acids is 1. The molecule has 2 aromatic rings. The lowest BCUT2D eigenvalue weighted by atomic mass is 9.86. The Morgan fingerprint density at radius 2 is 1.71 bits per heavy atom. The summed E-state index contributed by atoms with van der Waals surface area (Å²) in [5, 5.41) is 0. The molecule has 1 heteroatoms. The molecular weight excluding hydrogens is 256 g/mol. The van der Waals surface area contributed by atoms with Crippen molar-refractivity contribution >= 4 is 5.78 Å². The normalized spacial score (nSPS) is 10.9. The summed E-state index contributed by atoms with van der Waals surface area (Å²) in [5.74, 6) is 0.498. The van der Waals surface area contributed by atoms with Crippen molar-refractivity contribution in [1.82, 2.24) is 0 Å². The van der Waals surface area contributed by atoms with Crippen LogP contribution in [0.3, 0.4) is 0 Å². The van der Waals surface area contributed by atoms with E-state index in [0.29, 0.717) is 5.92 Å². The third-order valence-electron chi connectivity index (χ3n) is 3.85. The van der Waals surface area contributed by atoms with Crippen LogP contribution in [0.2, 0.25) is 0 Å². The number of unbranched alkanes of at least 4 members (excludes halogenated alkanes) is 1. The maximum Gasteiger partial charge on any atom is 0.193 e. The molecule has 0 heterocycles. The smallest absolute Gasteiger partial charge is 0.193 e. The molecule has 0 bridgehead atoms. The number of hydrogen-bond acceptors (Lipinski definition) is 1. The van der Waals surface area contributed by atoms with Crippen LogP contribution >= 0.6 is 0 Å². The van der Waals surface area contributed by atoms with Crippen molar-refractivity contribution in [2.75, 3.05) is 0 Å². The van der Waals surface area contributed by atoms with Crippen LogP contribution in [0.25, 0.3) is 0 Å². The highest BCUT2D eigenvalue weighted by atomic mass is 16.1. The van der Waals surface area contributed by atoms with E-state index in [2.05, 4.69) is 26.8 Å². The van der Waals surface area contributed by atoms with Gasteiger partial charge in [-0.1, -0.05) is 75.7 Å². The molecule has 1 nitrogen and oxygen atoms in total. The van der Waals surface area contributed by atoms with Crippen molar-refractivity contribution in [3.05, 3.63) is 70.8 Å². The third-order valence-corrected chi connectivity index (χ3v) is 3.85. The number of ketones is 1. The SMILES string of the molecule is CCCCc1cccc(C(=O)c2ccccc2)c1C(C)C. The summed E-state index contributed by atoms with van der Waals surface area (Å²) in [6.07, 6.45) is 3.40. The second kappa shape index (κ2) is 7.21. The molecule has 0 unspecified atom stereocenters. The number of aryl methyl sites for hydroxylation is 1. The summed E-state index contributed by atoms with van der Waals surface area (Å²) in [6.45, 7) is 6.55. The van der Waals surface area contributed by atoms with Gasteiger partial charge in [-0.05, 0) is 29.9 Å². The van der Waals surface area contributed by atoms with Crippen LogP contribution in [-0.2, 0) is 6.42 Å². The van der Waals surface area contributed by atoms with E-state index in [0.717, 1.165) is 17.5 Å². The van der Waals surface area contributed by atoms with Gasteiger partial charge in [-0.3, -0.25) is 4.79 Å². The molecule has 0 aliphatic carbocycles. The summed E-state index contributed by atoms with van der Waals surface area (Å²) < 4.78 is 0. The van der Waals surface area contributed by atoms with Gasteiger partial charge in [-0.15, -0.1) is 0 Å². The Kier molecular flexibility index (Phi) is 5.32. The zero-order valence-corrected chi connectivity index (χ0v) is 13.2. The Hall–Kier alpha value is -1.89. The predicted molar refractivity (Wildman–Crippen MR) is 89.0 cm³/mol. The van der Waals surface area contributed by atoms with Crippen LogP contribution in [0.1, 0.15) is 66.6 Å². The van der Waals surface area contributed by atoms with Gasteiger partial charge < -0.3 is 0 Å². The van der Waals surface area contributed by atoms with E-state index in [4.69, 9.17) is 0 Å². The monoisotopic (exact) mass is 280 g/mol. The van der Waals surface area contributed by atoms with Crippen molar-refractivity contribution in [2.45, 2.75) is 46.0 Å². The first-order valence-corrected chi connectivity index (χ1v) is 7.86. The largest absolute Gasteiger partial charge is 0.289 e. The average Bonchev–Trinajstić information content (AvgIpc) is 2.52. The molecule has 0 saturated heterocycles. The highest BCUT2D eigenvalue weighted by molar-refractivity contribution is 6.10. The van der Waals surface area contributed by atoms with E-state index in [1.807, 2.05) is 42.5 Å². The highest BCUT2D eigenvalue weighted by Crippen LogP contribution is 2.27. The molecule has 110 valence electrons. The lowest BCUT2D eigenvalue weighted by molar-refractivity contribution is 0.103. The zero-order valence-electron chi connectivity index (χ0n) is 13.2. The third kappa shape index (κ3) is 3.60. The molecule has 0 spiro atoms. The van der Waals surface area contributed by atoms with E-state index in [9.17, 15) is 4.79 Å². The minimum atomic E-state index is 0.137. The number of benzene rings is 2. The van der Waals surface area contributed by atoms with Gasteiger partial charge in [0.1, 0.15) is 0 Å². The molecule has 0 atom stereocenters. The first kappa shape index (κ1) is 15.5. The van der Waals surface area contributed by atoms with Crippen molar-refractivity contribution in [1.29, 1.82) is 0 Å². The van der Waals surface area contributed by atoms with Crippen LogP contribution < -0.4 is 0 Å². The number of carbonyl (C=O) groups is 1. The maximum absolute atomic E-state index is 12.8. The average molecular weight is 280 g/mol. The van der Waals surface area contributed by atoms with Gasteiger partial charge in [0.2, 0.25) is 0 Å². The van der Waals surface area contributed by atoms with Crippen LogP contribution in [0.15, 0.2) is 48.5 Å². The molecule has 21 heavy (non-hydrogen) atoms. The first-order valence-electron chi connectivity index (χ1n) is 7.86. The second-order valence-corrected chi connectivity index (χ2v) is 5.83. The van der Waals surface area contributed by atoms with E-state index in [1.165, 1.54) is 24.0 Å². The topological polar surface area (TPSA) is 17.1 Å². The van der Waals surface area contributed by atoms with Gasteiger partial charge in [0.25, 0.3) is 0 Å². The lowest BCUT2D eigenvalue weighted by Crippen LogP contribution is -2.09. The van der Waals surface area contributed by atoms with Crippen molar-refractivity contribution < 1.29 is 4.79 Å². The summed E-state index contributed by atoms with van der Waals surface area (Å²) in [5.41, 5.74) is 4.19. The van der Waals surface area contributed by atoms with Crippen LogP contribution in [0.5, 0.6) is 0 Å². The summed E-state index contributed by atoms with van der Waals surface area (Å²) >= 11 is 0. The fourth-order valence-corrected chi connectivity index (χ4v) is 2.82. The van der Waals surface area contributed by atoms with Gasteiger partial charge >= 0.3 is 0 Å². The molecule has 0 saturated carbocycles. The van der Waals surface area contributed by atoms with Gasteiger partial charge in [-0.2, -0.15) is 0 Å². The molecule has 2 aromatic carbocycles. The van der Waals surface area contributed by atoms with Crippen molar-refractivity contribution in [2.24, 2.45) is 0 Å². The Labute approximate surface area is 128 Å². The molecule has 0 aliphatic rings. The van der Waals surface area contributed by atoms with Gasteiger partial charge in [0, 0.05) is 11.1 Å². The quantitative estimate of drug-likeness (QED) is 0.649. The van der Waals surface area contributed by atoms with E-state index >= 15 is 0 Å². The van der Waals surface area contributed by atoms with Gasteiger partial charge in [-0.25, -0.2) is 0 Å². The Balaban J connectivity index is 2.45. The number of rotatable bonds is 6. The maximum atomic E-state index is 12.8. The highest BCUT2D eigenvalue weighted by Gasteiger charge is 2.18. The molecule has 0 aromatic heterocycles. The second-order valence-electron chi connectivity index (χ2n) is 5.83. The van der Waals surface area contributed by atoms with Crippen molar-refractivity contribution in [3.8, 4) is 0 Å². The predicted octanol–water partition coefficient (Wildman–Crippen LogP) is 5.38. The van der Waals surface area contributed by atoms with E-state index in [-0.39, 0.29) is 5.78 Å². The Bertz CT molecular complexity index is 596. The molecule has 0 aliphatic heterocycles. The van der Waals surface area contributed by atoms with Crippen molar-refractivity contribution in [3.63, 3.8) is 0 Å². The first-order chi connectivity index (χ1) is 10.1. The number of hydrogen-bond donors (Lipinski definition) is 0. The summed E-state index contributed by atoms with van der Waals surface area (Å²) in [4.78, 5) is 12.8. The van der Waals surface area contributed by atoms with Crippen LogP contribution in [-0.4, -0.2) is 5.78 Å². The standard InChI is InChI=1S/C20H24O/c1-4-5-10-16-13-9-14-18(19(16)15(2)3)20(21)17-11-7-6-8-12-17/h6-9,11-15H,4-5,10H2,1-3H3. The Morgan fingerprint density at radius 3 is 2.33 bits per heavy atom. The fraction of sp³-hybridized carbons (Fsp3) is 0.350. The molecule has 0 N–H and O–H groups in total. The summed E-state index contributed by atoms with van der Waals surface area (Å²) in [7, 11) is 0. The zero-order chi connectivity index (χ0) is 15.2. The van der Waals surface area contributed by atoms with Crippen LogP contribution in [0, 0.1) is 0 Å². The molecule has 2 rings (SSSR count). The molecule has 0 fully saturated rings. The Morgan fingerprint density at radius 1 is 1.00 bits per heavy atom. The van der Waals surface area contributed by atoms with E-state index in [1.54, 1.807) is 0 Å². The minimum Gasteiger partial charge on any atom is -0.289 e. The van der Waals surface area contributed by atoms with Crippen LogP contribution in [0.4, 0.5) is 0 Å². The molecule has 0 radical (unpaired) electrons. The van der Waals surface area contributed by atoms with Gasteiger partial charge in [0.05, 0.1) is 0 Å². The van der Waals surface area contributed by atoms with E-state index < -0.39 is 0 Å². The molecule has 0 amide bonds. The fourth-order valence-electron chi connectivity index (χ4n) is 2.82. The lowest BCUT2D eigenvalue weighted by Gasteiger charge is -2.17.